The molecule has 0 radical (unpaired) electrons. The van der Waals surface area contributed by atoms with Gasteiger partial charge in [-0.3, -0.25) is 4.90 Å². The first-order valence-corrected chi connectivity index (χ1v) is 6.31. The van der Waals surface area contributed by atoms with Crippen LogP contribution in [0.3, 0.4) is 0 Å². The van der Waals surface area contributed by atoms with Crippen LogP contribution in [0.4, 0.5) is 22.0 Å². The molecule has 0 spiro atoms. The Bertz CT molecular complexity index is 464. The summed E-state index contributed by atoms with van der Waals surface area (Å²) in [6, 6.07) is 1.42. The second-order valence-corrected chi connectivity index (χ2v) is 4.69. The molecule has 2 nitrogen and oxygen atoms in total. The van der Waals surface area contributed by atoms with Crippen molar-refractivity contribution in [1.29, 1.82) is 0 Å². The molecule has 1 aromatic rings. The zero-order chi connectivity index (χ0) is 14.8. The van der Waals surface area contributed by atoms with Gasteiger partial charge >= 0.3 is 6.18 Å². The Balaban J connectivity index is 0.00000220. The van der Waals surface area contributed by atoms with Gasteiger partial charge in [-0.05, 0) is 12.1 Å². The molecule has 128 valence electrons. The highest BCUT2D eigenvalue weighted by Crippen LogP contribution is 2.32. The van der Waals surface area contributed by atoms with Crippen LogP contribution in [0.15, 0.2) is 18.2 Å². The molecular weight excluding hydrogens is 350 g/mol. The normalized spacial score (nSPS) is 17.3. The van der Waals surface area contributed by atoms with E-state index >= 15 is 0 Å². The second kappa shape index (κ2) is 8.86. The summed E-state index contributed by atoms with van der Waals surface area (Å²) < 4.78 is 64.5. The molecular formula is C13H17Cl2F5N2. The average molecular weight is 367 g/mol. The molecule has 0 aromatic heterocycles. The lowest BCUT2D eigenvalue weighted by Crippen LogP contribution is -2.45. The Morgan fingerprint density at radius 3 is 2.18 bits per heavy atom. The maximum Gasteiger partial charge on any atom is 0.416 e. The monoisotopic (exact) mass is 366 g/mol. The molecule has 1 aliphatic heterocycles. The van der Waals surface area contributed by atoms with E-state index in [4.69, 9.17) is 0 Å². The van der Waals surface area contributed by atoms with E-state index in [0.29, 0.717) is 32.2 Å². The van der Waals surface area contributed by atoms with Crippen molar-refractivity contribution in [3.05, 3.63) is 35.1 Å². The van der Waals surface area contributed by atoms with Gasteiger partial charge in [0.2, 0.25) is 0 Å². The van der Waals surface area contributed by atoms with E-state index in [9.17, 15) is 22.0 Å². The summed E-state index contributed by atoms with van der Waals surface area (Å²) in [7, 11) is 0. The van der Waals surface area contributed by atoms with Crippen LogP contribution in [-0.4, -0.2) is 37.8 Å². The lowest BCUT2D eigenvalue weighted by Gasteiger charge is -2.33. The standard InChI is InChI=1S/C13H15F5N2.2ClH/c14-8-12(20-5-3-19-4-6-20)10-2-1-9(7-11(10)15)13(16,17)18;;/h1-2,7,12,19H,3-6,8H2;2*1H/t12-;;/m1../s1. The minimum atomic E-state index is -4.60. The molecule has 0 unspecified atom stereocenters. The minimum Gasteiger partial charge on any atom is -0.314 e. The molecule has 1 atom stereocenters. The number of nitrogens with zero attached hydrogens (tertiary/aromatic N) is 1. The molecule has 1 fully saturated rings. The van der Waals surface area contributed by atoms with Crippen molar-refractivity contribution in [3.8, 4) is 0 Å². The number of halogens is 7. The van der Waals surface area contributed by atoms with Crippen molar-refractivity contribution in [2.24, 2.45) is 0 Å². The largest absolute Gasteiger partial charge is 0.416 e. The summed E-state index contributed by atoms with van der Waals surface area (Å²) >= 11 is 0. The highest BCUT2D eigenvalue weighted by atomic mass is 35.5. The zero-order valence-electron chi connectivity index (χ0n) is 11.5. The Morgan fingerprint density at radius 1 is 1.14 bits per heavy atom. The van der Waals surface area contributed by atoms with Crippen molar-refractivity contribution in [2.75, 3.05) is 32.9 Å². The number of benzene rings is 1. The number of nitrogens with one attached hydrogen (secondary N) is 1. The first kappa shape index (κ1) is 21.4. The van der Waals surface area contributed by atoms with Crippen molar-refractivity contribution in [2.45, 2.75) is 12.2 Å². The van der Waals surface area contributed by atoms with Crippen LogP contribution in [0.5, 0.6) is 0 Å². The molecule has 0 aliphatic carbocycles. The van der Waals surface area contributed by atoms with Crippen molar-refractivity contribution >= 4 is 24.8 Å². The topological polar surface area (TPSA) is 15.3 Å². The molecule has 1 aliphatic rings. The summed E-state index contributed by atoms with van der Waals surface area (Å²) in [4.78, 5) is 1.74. The average Bonchev–Trinajstić information content (AvgIpc) is 2.41. The molecule has 1 aromatic carbocycles. The molecule has 0 amide bonds. The van der Waals surface area contributed by atoms with Crippen LogP contribution >= 0.6 is 24.8 Å². The molecule has 22 heavy (non-hydrogen) atoms. The van der Waals surface area contributed by atoms with E-state index in [1.54, 1.807) is 4.90 Å². The lowest BCUT2D eigenvalue weighted by atomic mass is 10.0. The molecule has 1 N–H and O–H groups in total. The van der Waals surface area contributed by atoms with Crippen molar-refractivity contribution in [3.63, 3.8) is 0 Å². The van der Waals surface area contributed by atoms with Crippen LogP contribution in [0, 0.1) is 5.82 Å². The summed E-state index contributed by atoms with van der Waals surface area (Å²) in [5, 5.41) is 3.08. The first-order valence-electron chi connectivity index (χ1n) is 6.31. The minimum absolute atomic E-state index is 0. The lowest BCUT2D eigenvalue weighted by molar-refractivity contribution is -0.137. The molecule has 1 heterocycles. The van der Waals surface area contributed by atoms with Gasteiger partial charge in [0.1, 0.15) is 12.5 Å². The Morgan fingerprint density at radius 2 is 1.73 bits per heavy atom. The van der Waals surface area contributed by atoms with Crippen LogP contribution in [0.1, 0.15) is 17.2 Å². The Hall–Kier alpha value is -0.630. The maximum atomic E-state index is 13.9. The van der Waals surface area contributed by atoms with E-state index in [-0.39, 0.29) is 30.4 Å². The quantitative estimate of drug-likeness (QED) is 0.822. The number of hydrogen-bond acceptors (Lipinski definition) is 2. The molecule has 2 rings (SSSR count). The van der Waals surface area contributed by atoms with E-state index in [2.05, 4.69) is 5.32 Å². The third-order valence-electron chi connectivity index (χ3n) is 3.43. The van der Waals surface area contributed by atoms with Gasteiger partial charge < -0.3 is 5.32 Å². The fourth-order valence-electron chi connectivity index (χ4n) is 2.34. The molecule has 0 bridgehead atoms. The van der Waals surface area contributed by atoms with Crippen LogP contribution in [0.2, 0.25) is 0 Å². The molecule has 0 saturated carbocycles. The predicted molar refractivity (Wildman–Crippen MR) is 79.1 cm³/mol. The van der Waals surface area contributed by atoms with Gasteiger partial charge in [0.05, 0.1) is 11.6 Å². The molecule has 1 saturated heterocycles. The van der Waals surface area contributed by atoms with Crippen LogP contribution in [-0.2, 0) is 6.18 Å². The van der Waals surface area contributed by atoms with E-state index in [1.165, 1.54) is 0 Å². The summed E-state index contributed by atoms with van der Waals surface area (Å²) in [5.74, 6) is -1.01. The van der Waals surface area contributed by atoms with Gasteiger partial charge in [0.25, 0.3) is 0 Å². The summed E-state index contributed by atoms with van der Waals surface area (Å²) in [6.07, 6.45) is -4.60. The first-order chi connectivity index (χ1) is 9.43. The SMILES string of the molecule is Cl.Cl.FC[C@H](c1ccc(C(F)(F)F)cc1F)N1CCNCC1. The van der Waals surface area contributed by atoms with Gasteiger partial charge in [0, 0.05) is 31.7 Å². The fourth-order valence-corrected chi connectivity index (χ4v) is 2.34. The maximum absolute atomic E-state index is 13.9. The third kappa shape index (κ3) is 4.94. The Kier molecular flexibility index (Phi) is 8.61. The zero-order valence-corrected chi connectivity index (χ0v) is 13.1. The highest BCUT2D eigenvalue weighted by Gasteiger charge is 2.32. The number of piperazine rings is 1. The number of rotatable bonds is 3. The second-order valence-electron chi connectivity index (χ2n) is 4.69. The molecule has 9 heteroatoms. The van der Waals surface area contributed by atoms with E-state index < -0.39 is 30.3 Å². The summed E-state index contributed by atoms with van der Waals surface area (Å²) in [5.41, 5.74) is -1.08. The van der Waals surface area contributed by atoms with Gasteiger partial charge in [-0.1, -0.05) is 6.07 Å². The van der Waals surface area contributed by atoms with E-state index in [0.717, 1.165) is 12.1 Å². The van der Waals surface area contributed by atoms with Gasteiger partial charge in [-0.2, -0.15) is 13.2 Å². The van der Waals surface area contributed by atoms with Gasteiger partial charge in [0.15, 0.2) is 0 Å². The van der Waals surface area contributed by atoms with Gasteiger partial charge in [-0.25, -0.2) is 8.78 Å². The van der Waals surface area contributed by atoms with E-state index in [1.807, 2.05) is 0 Å². The number of alkyl halides is 4. The number of hydrogen-bond donors (Lipinski definition) is 1. The highest BCUT2D eigenvalue weighted by molar-refractivity contribution is 5.85. The summed E-state index contributed by atoms with van der Waals surface area (Å²) in [6.45, 7) is 1.55. The van der Waals surface area contributed by atoms with Crippen molar-refractivity contribution in [1.82, 2.24) is 10.2 Å². The fraction of sp³-hybridized carbons (Fsp3) is 0.538. The van der Waals surface area contributed by atoms with Crippen LogP contribution < -0.4 is 5.32 Å². The van der Waals surface area contributed by atoms with Crippen LogP contribution in [0.25, 0.3) is 0 Å². The van der Waals surface area contributed by atoms with Crippen molar-refractivity contribution < 1.29 is 22.0 Å². The third-order valence-corrected chi connectivity index (χ3v) is 3.43. The van der Waals surface area contributed by atoms with Gasteiger partial charge in [-0.15, -0.1) is 24.8 Å². The smallest absolute Gasteiger partial charge is 0.314 e. The predicted octanol–water partition coefficient (Wildman–Crippen LogP) is 3.60. The Labute approximate surface area is 137 Å².